The summed E-state index contributed by atoms with van der Waals surface area (Å²) >= 11 is 1.04. The number of aromatic nitrogens is 1. The molecule has 0 spiro atoms. The van der Waals surface area contributed by atoms with Crippen molar-refractivity contribution in [2.24, 2.45) is 10.5 Å². The van der Waals surface area contributed by atoms with Crippen molar-refractivity contribution in [3.8, 4) is 22.4 Å². The molecule has 3 rings (SSSR count). The van der Waals surface area contributed by atoms with Gasteiger partial charge in [0.1, 0.15) is 41.4 Å². The molecule has 0 aliphatic carbocycles. The summed E-state index contributed by atoms with van der Waals surface area (Å²) in [6.07, 6.45) is -7.07. The Morgan fingerprint density at radius 2 is 1.86 bits per heavy atom. The Balaban J connectivity index is 1.52. The lowest BCUT2D eigenvalue weighted by Gasteiger charge is -2.22. The number of ether oxygens (including phenoxy) is 4. The Labute approximate surface area is 248 Å². The van der Waals surface area contributed by atoms with Crippen LogP contribution >= 0.6 is 11.3 Å². The molecule has 1 aromatic heterocycles. The number of carbonyl (C=O) groups is 2. The van der Waals surface area contributed by atoms with Gasteiger partial charge in [0.2, 0.25) is 0 Å². The first-order valence-corrected chi connectivity index (χ1v) is 13.3. The van der Waals surface area contributed by atoms with E-state index in [9.17, 15) is 28.0 Å². The topological polar surface area (TPSA) is 156 Å². The molecule has 0 radical (unpaired) electrons. The SMILES string of the molecule is CC(N/N=C(/C#N)C(=N)c1csc(-c2cccc(OC(F)(F)F)c2)n1)OC(=O)OCC(C)(C)C(=O)OCc1ccccc1. The number of thiazole rings is 1. The highest BCUT2D eigenvalue weighted by atomic mass is 32.1. The van der Waals surface area contributed by atoms with E-state index in [0.717, 1.165) is 29.0 Å². The average Bonchev–Trinajstić information content (AvgIpc) is 3.45. The monoisotopic (exact) mass is 617 g/mol. The molecular weight excluding hydrogens is 591 g/mol. The van der Waals surface area contributed by atoms with Crippen LogP contribution in [-0.2, 0) is 25.6 Å². The zero-order valence-corrected chi connectivity index (χ0v) is 23.9. The quantitative estimate of drug-likeness (QED) is 0.111. The van der Waals surface area contributed by atoms with Crippen molar-refractivity contribution in [1.29, 1.82) is 10.7 Å². The number of alkyl halides is 3. The number of esters is 1. The first-order valence-electron chi connectivity index (χ1n) is 12.5. The first-order chi connectivity index (χ1) is 20.3. The molecule has 15 heteroatoms. The van der Waals surface area contributed by atoms with Gasteiger partial charge in [-0.15, -0.1) is 24.5 Å². The molecule has 43 heavy (non-hydrogen) atoms. The molecule has 0 aliphatic heterocycles. The van der Waals surface area contributed by atoms with E-state index in [1.165, 1.54) is 24.4 Å². The van der Waals surface area contributed by atoms with E-state index >= 15 is 0 Å². The Hall–Kier alpha value is -4.97. The number of halogens is 3. The molecule has 0 aliphatic rings. The number of nitrogens with zero attached hydrogens (tertiary/aromatic N) is 3. The second-order valence-corrected chi connectivity index (χ2v) is 10.3. The number of hydrazone groups is 1. The molecule has 0 saturated carbocycles. The van der Waals surface area contributed by atoms with Gasteiger partial charge in [0.05, 0.1) is 5.41 Å². The normalized spacial score (nSPS) is 12.4. The average molecular weight is 618 g/mol. The molecule has 1 atom stereocenters. The van der Waals surface area contributed by atoms with Gasteiger partial charge in [0.15, 0.2) is 11.9 Å². The molecule has 1 heterocycles. The summed E-state index contributed by atoms with van der Waals surface area (Å²) in [5.41, 5.74) is 1.61. The smallest absolute Gasteiger partial charge is 0.460 e. The highest BCUT2D eigenvalue weighted by Gasteiger charge is 2.32. The van der Waals surface area contributed by atoms with E-state index < -0.39 is 41.6 Å². The standard InChI is InChI=1S/C28H26F3N5O6S/c1-17(41-26(38)40-16-27(2,3)25(37)39-14-18-8-5-4-6-9-18)35-36-21(13-32)23(33)22-15-43-24(34-22)19-10-7-11-20(12-19)42-28(29,30)31/h4-12,15,17,33,35H,14,16H2,1-3H3/b33-23?,36-21-. The van der Waals surface area contributed by atoms with Gasteiger partial charge in [-0.1, -0.05) is 42.5 Å². The number of hydrogen-bond donors (Lipinski definition) is 2. The van der Waals surface area contributed by atoms with Crippen LogP contribution in [0.25, 0.3) is 10.6 Å². The van der Waals surface area contributed by atoms with Crippen molar-refractivity contribution in [1.82, 2.24) is 10.4 Å². The van der Waals surface area contributed by atoms with Gasteiger partial charge in [0, 0.05) is 10.9 Å². The van der Waals surface area contributed by atoms with Crippen LogP contribution in [0.15, 0.2) is 65.1 Å². The Bertz CT molecular complexity index is 1520. The summed E-state index contributed by atoms with van der Waals surface area (Å²) in [7, 11) is 0. The molecule has 0 amide bonds. The van der Waals surface area contributed by atoms with E-state index in [1.807, 2.05) is 18.2 Å². The lowest BCUT2D eigenvalue weighted by Crippen LogP contribution is -2.34. The van der Waals surface area contributed by atoms with Crippen molar-refractivity contribution < 1.29 is 41.7 Å². The van der Waals surface area contributed by atoms with Crippen molar-refractivity contribution >= 4 is 34.9 Å². The number of nitriles is 1. The molecule has 226 valence electrons. The molecule has 1 unspecified atom stereocenters. The molecule has 0 saturated heterocycles. The van der Waals surface area contributed by atoms with Crippen LogP contribution in [0.2, 0.25) is 0 Å². The van der Waals surface area contributed by atoms with E-state index in [1.54, 1.807) is 32.0 Å². The third-order valence-corrected chi connectivity index (χ3v) is 6.26. The fourth-order valence-corrected chi connectivity index (χ4v) is 3.99. The Morgan fingerprint density at radius 1 is 1.14 bits per heavy atom. The maximum Gasteiger partial charge on any atom is 0.573 e. The number of carbonyl (C=O) groups excluding carboxylic acids is 2. The van der Waals surface area contributed by atoms with E-state index in [0.29, 0.717) is 5.56 Å². The molecule has 3 aromatic rings. The Kier molecular flexibility index (Phi) is 10.8. The van der Waals surface area contributed by atoms with Crippen LogP contribution in [0, 0.1) is 22.2 Å². The minimum atomic E-state index is -4.86. The fourth-order valence-electron chi connectivity index (χ4n) is 3.18. The largest absolute Gasteiger partial charge is 0.573 e. The molecule has 11 nitrogen and oxygen atoms in total. The Morgan fingerprint density at radius 3 is 2.53 bits per heavy atom. The number of nitrogens with one attached hydrogen (secondary N) is 2. The van der Waals surface area contributed by atoms with Gasteiger partial charge in [-0.3, -0.25) is 15.6 Å². The molecule has 0 fully saturated rings. The zero-order chi connectivity index (χ0) is 31.6. The summed E-state index contributed by atoms with van der Waals surface area (Å²) in [5, 5.41) is 23.3. The number of hydrogen-bond acceptors (Lipinski definition) is 12. The van der Waals surface area contributed by atoms with Gasteiger partial charge in [-0.2, -0.15) is 10.4 Å². The molecule has 2 aromatic carbocycles. The predicted molar refractivity (Wildman–Crippen MR) is 149 cm³/mol. The second-order valence-electron chi connectivity index (χ2n) is 9.43. The first kappa shape index (κ1) is 32.5. The van der Waals surface area contributed by atoms with Crippen molar-refractivity contribution in [3.05, 3.63) is 71.2 Å². The van der Waals surface area contributed by atoms with Crippen LogP contribution < -0.4 is 10.2 Å². The third-order valence-electron chi connectivity index (χ3n) is 5.36. The molecule has 2 N–H and O–H groups in total. The van der Waals surface area contributed by atoms with Crippen LogP contribution in [0.1, 0.15) is 32.0 Å². The van der Waals surface area contributed by atoms with Crippen molar-refractivity contribution in [3.63, 3.8) is 0 Å². The lowest BCUT2D eigenvalue weighted by atomic mass is 9.95. The summed E-state index contributed by atoms with van der Waals surface area (Å²) in [5.74, 6) is -1.01. The van der Waals surface area contributed by atoms with Gasteiger partial charge in [-0.05, 0) is 38.5 Å². The van der Waals surface area contributed by atoms with Gasteiger partial charge in [-0.25, -0.2) is 9.78 Å². The predicted octanol–water partition coefficient (Wildman–Crippen LogP) is 5.81. The van der Waals surface area contributed by atoms with Crippen LogP contribution in [0.5, 0.6) is 5.75 Å². The second kappa shape index (κ2) is 14.3. The van der Waals surface area contributed by atoms with E-state index in [2.05, 4.69) is 20.2 Å². The van der Waals surface area contributed by atoms with Crippen LogP contribution in [0.3, 0.4) is 0 Å². The molecule has 0 bridgehead atoms. The minimum Gasteiger partial charge on any atom is -0.460 e. The zero-order valence-electron chi connectivity index (χ0n) is 23.1. The van der Waals surface area contributed by atoms with Crippen LogP contribution in [-0.4, -0.2) is 47.7 Å². The van der Waals surface area contributed by atoms with Gasteiger partial charge < -0.3 is 18.9 Å². The van der Waals surface area contributed by atoms with Gasteiger partial charge in [0.25, 0.3) is 0 Å². The number of benzene rings is 2. The maximum atomic E-state index is 12.5. The highest BCUT2D eigenvalue weighted by Crippen LogP contribution is 2.30. The van der Waals surface area contributed by atoms with E-state index in [-0.39, 0.29) is 29.6 Å². The fraction of sp³-hybridized carbons (Fsp3) is 0.286. The van der Waals surface area contributed by atoms with Crippen LogP contribution in [0.4, 0.5) is 18.0 Å². The summed E-state index contributed by atoms with van der Waals surface area (Å²) in [6.45, 7) is 4.21. The minimum absolute atomic E-state index is 0.0404. The van der Waals surface area contributed by atoms with Crippen molar-refractivity contribution in [2.45, 2.75) is 40.0 Å². The summed E-state index contributed by atoms with van der Waals surface area (Å²) < 4.78 is 56.9. The lowest BCUT2D eigenvalue weighted by molar-refractivity contribution is -0.274. The third kappa shape index (κ3) is 10.1. The van der Waals surface area contributed by atoms with Crippen molar-refractivity contribution in [2.75, 3.05) is 6.61 Å². The molecular formula is C28H26F3N5O6S. The number of rotatable bonds is 12. The summed E-state index contributed by atoms with van der Waals surface area (Å²) in [4.78, 5) is 28.8. The maximum absolute atomic E-state index is 12.5. The van der Waals surface area contributed by atoms with Gasteiger partial charge >= 0.3 is 18.5 Å². The summed E-state index contributed by atoms with van der Waals surface area (Å²) in [6, 6.07) is 16.0. The van der Waals surface area contributed by atoms with E-state index in [4.69, 9.17) is 19.6 Å². The highest BCUT2D eigenvalue weighted by molar-refractivity contribution is 7.13.